The average Bonchev–Trinajstić information content (AvgIpc) is 2.70. The maximum Gasteiger partial charge on any atom is 0.150 e. The molecule has 0 saturated carbocycles. The molecule has 0 amide bonds. The zero-order valence-electron chi connectivity index (χ0n) is 8.41. The maximum absolute atomic E-state index is 11.9. The van der Waals surface area contributed by atoms with E-state index in [1.165, 1.54) is 6.42 Å². The summed E-state index contributed by atoms with van der Waals surface area (Å²) in [6.07, 6.45) is 2.75. The molecule has 1 nitrogen and oxygen atoms in total. The van der Waals surface area contributed by atoms with Crippen molar-refractivity contribution in [2.75, 3.05) is 5.75 Å². The number of ketones is 1. The molecule has 0 spiro atoms. The van der Waals surface area contributed by atoms with Crippen molar-refractivity contribution in [3.8, 4) is 0 Å². The summed E-state index contributed by atoms with van der Waals surface area (Å²) in [7, 11) is 0. The molecule has 80 valence electrons. The summed E-state index contributed by atoms with van der Waals surface area (Å²) < 4.78 is 0. The number of hydrogen-bond acceptors (Lipinski definition) is 2. The molecule has 1 aliphatic rings. The molecule has 1 unspecified atom stereocenters. The van der Waals surface area contributed by atoms with Gasteiger partial charge in [0.25, 0.3) is 0 Å². The van der Waals surface area contributed by atoms with Crippen LogP contribution in [-0.2, 0) is 11.2 Å². The second-order valence-electron chi connectivity index (χ2n) is 3.77. The summed E-state index contributed by atoms with van der Waals surface area (Å²) in [5, 5.41) is 0.934. The molecule has 2 rings (SSSR count). The predicted molar refractivity (Wildman–Crippen MR) is 65.6 cm³/mol. The van der Waals surface area contributed by atoms with E-state index < -0.39 is 0 Å². The minimum atomic E-state index is 0.226. The molecule has 3 heteroatoms. The first-order chi connectivity index (χ1) is 7.25. The lowest BCUT2D eigenvalue weighted by atomic mass is 10.1. The van der Waals surface area contributed by atoms with Crippen LogP contribution in [0.3, 0.4) is 0 Å². The molecule has 1 saturated heterocycles. The van der Waals surface area contributed by atoms with E-state index in [9.17, 15) is 4.79 Å². The zero-order valence-corrected chi connectivity index (χ0v) is 9.98. The Morgan fingerprint density at radius 3 is 3.07 bits per heavy atom. The number of halogens is 1. The van der Waals surface area contributed by atoms with E-state index in [1.807, 2.05) is 24.3 Å². The van der Waals surface area contributed by atoms with E-state index in [-0.39, 0.29) is 5.25 Å². The van der Waals surface area contributed by atoms with Crippen LogP contribution < -0.4 is 0 Å². The summed E-state index contributed by atoms with van der Waals surface area (Å²) >= 11 is 7.66. The molecule has 0 radical (unpaired) electrons. The van der Waals surface area contributed by atoms with E-state index in [0.717, 1.165) is 17.7 Å². The maximum atomic E-state index is 11.9. The van der Waals surface area contributed by atoms with Crippen LogP contribution in [0.2, 0.25) is 5.02 Å². The van der Waals surface area contributed by atoms with Gasteiger partial charge in [-0.2, -0.15) is 11.8 Å². The Morgan fingerprint density at radius 2 is 2.40 bits per heavy atom. The van der Waals surface area contributed by atoms with E-state index in [4.69, 9.17) is 11.6 Å². The molecule has 0 aromatic heterocycles. The van der Waals surface area contributed by atoms with Crippen LogP contribution in [0.1, 0.15) is 18.4 Å². The molecular weight excluding hydrogens is 228 g/mol. The van der Waals surface area contributed by atoms with Crippen LogP contribution in [0.5, 0.6) is 0 Å². The van der Waals surface area contributed by atoms with Crippen LogP contribution in [0.25, 0.3) is 0 Å². The summed E-state index contributed by atoms with van der Waals surface area (Å²) in [5.41, 5.74) is 1.03. The Bertz CT molecular complexity index is 358. The van der Waals surface area contributed by atoms with Gasteiger partial charge in [0.15, 0.2) is 0 Å². The van der Waals surface area contributed by atoms with Gasteiger partial charge in [0.2, 0.25) is 0 Å². The van der Waals surface area contributed by atoms with Crippen molar-refractivity contribution in [3.05, 3.63) is 34.9 Å². The fourth-order valence-corrected chi connectivity index (χ4v) is 3.23. The highest BCUT2D eigenvalue weighted by Crippen LogP contribution is 2.27. The molecule has 0 N–H and O–H groups in total. The number of hydrogen-bond donors (Lipinski definition) is 0. The summed E-state index contributed by atoms with van der Waals surface area (Å²) in [6.45, 7) is 0. The molecule has 1 aromatic carbocycles. The first-order valence-electron chi connectivity index (χ1n) is 5.14. The standard InChI is InChI=1S/C12H13ClOS/c13-10-4-1-3-9(7-10)8-11(14)12-5-2-6-15-12/h1,3-4,7,12H,2,5-6,8H2. The molecule has 15 heavy (non-hydrogen) atoms. The molecular formula is C12H13ClOS. The smallest absolute Gasteiger partial charge is 0.150 e. The fraction of sp³-hybridized carbons (Fsp3) is 0.417. The van der Waals surface area contributed by atoms with Gasteiger partial charge in [-0.3, -0.25) is 4.79 Å². The van der Waals surface area contributed by atoms with Gasteiger partial charge in [-0.25, -0.2) is 0 Å². The third-order valence-electron chi connectivity index (χ3n) is 2.56. The van der Waals surface area contributed by atoms with Crippen LogP contribution >= 0.6 is 23.4 Å². The molecule has 1 aromatic rings. The molecule has 1 aliphatic heterocycles. The highest BCUT2D eigenvalue weighted by molar-refractivity contribution is 8.00. The molecule has 0 bridgehead atoms. The van der Waals surface area contributed by atoms with Gasteiger partial charge in [-0.15, -0.1) is 0 Å². The normalized spacial score (nSPS) is 20.5. The van der Waals surface area contributed by atoms with Crippen molar-refractivity contribution in [1.29, 1.82) is 0 Å². The fourth-order valence-electron chi connectivity index (χ4n) is 1.79. The second kappa shape index (κ2) is 5.04. The van der Waals surface area contributed by atoms with E-state index in [2.05, 4.69) is 0 Å². The Hall–Kier alpha value is -0.470. The topological polar surface area (TPSA) is 17.1 Å². The predicted octanol–water partition coefficient (Wildman–Crippen LogP) is 3.35. The van der Waals surface area contributed by atoms with E-state index in [1.54, 1.807) is 11.8 Å². The quantitative estimate of drug-likeness (QED) is 0.806. The van der Waals surface area contributed by atoms with Crippen molar-refractivity contribution >= 4 is 29.1 Å². The van der Waals surface area contributed by atoms with E-state index >= 15 is 0 Å². The highest BCUT2D eigenvalue weighted by atomic mass is 35.5. The minimum Gasteiger partial charge on any atom is -0.298 e. The molecule has 1 fully saturated rings. The molecule has 1 heterocycles. The van der Waals surface area contributed by atoms with Gasteiger partial charge >= 0.3 is 0 Å². The lowest BCUT2D eigenvalue weighted by Crippen LogP contribution is -2.16. The van der Waals surface area contributed by atoms with Crippen molar-refractivity contribution in [3.63, 3.8) is 0 Å². The van der Waals surface area contributed by atoms with Gasteiger partial charge in [0, 0.05) is 11.4 Å². The van der Waals surface area contributed by atoms with Crippen LogP contribution in [-0.4, -0.2) is 16.8 Å². The number of carbonyl (C=O) groups excluding carboxylic acids is 1. The zero-order chi connectivity index (χ0) is 10.7. The van der Waals surface area contributed by atoms with Crippen LogP contribution in [0.15, 0.2) is 24.3 Å². The monoisotopic (exact) mass is 240 g/mol. The summed E-state index contributed by atoms with van der Waals surface area (Å²) in [6, 6.07) is 7.56. The Labute approximate surface area is 99.2 Å². The number of rotatable bonds is 3. The van der Waals surface area contributed by atoms with Crippen LogP contribution in [0.4, 0.5) is 0 Å². The largest absolute Gasteiger partial charge is 0.298 e. The van der Waals surface area contributed by atoms with Gasteiger partial charge < -0.3 is 0 Å². The first kappa shape index (κ1) is 11.0. The number of benzene rings is 1. The number of carbonyl (C=O) groups is 1. The number of thioether (sulfide) groups is 1. The van der Waals surface area contributed by atoms with Gasteiger partial charge in [0.1, 0.15) is 5.78 Å². The van der Waals surface area contributed by atoms with Crippen LogP contribution in [0, 0.1) is 0 Å². The Kier molecular flexibility index (Phi) is 3.71. The highest BCUT2D eigenvalue weighted by Gasteiger charge is 2.22. The Balaban J connectivity index is 1.99. The van der Waals surface area contributed by atoms with Crippen molar-refractivity contribution < 1.29 is 4.79 Å². The number of Topliss-reactive ketones (excluding diaryl/α,β-unsaturated/α-hetero) is 1. The molecule has 0 aliphatic carbocycles. The third kappa shape index (κ3) is 2.99. The van der Waals surface area contributed by atoms with Crippen molar-refractivity contribution in [2.45, 2.75) is 24.5 Å². The SMILES string of the molecule is O=C(Cc1cccc(Cl)c1)C1CCCS1. The van der Waals surface area contributed by atoms with Gasteiger partial charge in [-0.1, -0.05) is 23.7 Å². The first-order valence-corrected chi connectivity index (χ1v) is 6.57. The summed E-state index contributed by atoms with van der Waals surface area (Å²) in [5.74, 6) is 1.48. The molecule has 1 atom stereocenters. The van der Waals surface area contributed by atoms with Crippen molar-refractivity contribution in [1.82, 2.24) is 0 Å². The summed E-state index contributed by atoms with van der Waals surface area (Å²) in [4.78, 5) is 11.9. The Morgan fingerprint density at radius 1 is 1.53 bits per heavy atom. The third-order valence-corrected chi connectivity index (χ3v) is 4.22. The lowest BCUT2D eigenvalue weighted by molar-refractivity contribution is -0.117. The average molecular weight is 241 g/mol. The van der Waals surface area contributed by atoms with Gasteiger partial charge in [-0.05, 0) is 36.3 Å². The van der Waals surface area contributed by atoms with E-state index in [0.29, 0.717) is 17.2 Å². The van der Waals surface area contributed by atoms with Crippen molar-refractivity contribution in [2.24, 2.45) is 0 Å². The second-order valence-corrected chi connectivity index (χ2v) is 5.52. The minimum absolute atomic E-state index is 0.226. The van der Waals surface area contributed by atoms with Gasteiger partial charge in [0.05, 0.1) is 5.25 Å². The lowest BCUT2D eigenvalue weighted by Gasteiger charge is -2.07.